The van der Waals surface area contributed by atoms with Crippen molar-refractivity contribution in [3.8, 4) is 0 Å². The molecule has 0 radical (unpaired) electrons. The summed E-state index contributed by atoms with van der Waals surface area (Å²) in [6.45, 7) is 0. The quantitative estimate of drug-likeness (QED) is 0.662. The lowest BCUT2D eigenvalue weighted by Gasteiger charge is -2.06. The van der Waals surface area contributed by atoms with Crippen LogP contribution in [0.2, 0.25) is 5.02 Å². The molecule has 19 heavy (non-hydrogen) atoms. The van der Waals surface area contributed by atoms with Gasteiger partial charge in [0.05, 0.1) is 5.56 Å². The van der Waals surface area contributed by atoms with Crippen LogP contribution in [0.4, 0.5) is 5.69 Å². The van der Waals surface area contributed by atoms with E-state index in [2.05, 4.69) is 0 Å². The van der Waals surface area contributed by atoms with E-state index < -0.39 is 5.97 Å². The van der Waals surface area contributed by atoms with Gasteiger partial charge in [0.25, 0.3) is 0 Å². The second kappa shape index (κ2) is 5.99. The van der Waals surface area contributed by atoms with E-state index in [1.807, 2.05) is 6.07 Å². The molecule has 0 unspecified atom stereocenters. The highest BCUT2D eigenvalue weighted by Gasteiger charge is 2.04. The maximum absolute atomic E-state index is 10.7. The predicted octanol–water partition coefficient (Wildman–Crippen LogP) is 3.91. The lowest BCUT2D eigenvalue weighted by atomic mass is 10.1. The van der Waals surface area contributed by atoms with E-state index in [0.29, 0.717) is 16.5 Å². The van der Waals surface area contributed by atoms with Gasteiger partial charge in [-0.15, -0.1) is 11.8 Å². The molecule has 98 valence electrons. The van der Waals surface area contributed by atoms with Crippen molar-refractivity contribution in [2.75, 3.05) is 5.73 Å². The van der Waals surface area contributed by atoms with Crippen molar-refractivity contribution in [3.05, 3.63) is 58.6 Å². The topological polar surface area (TPSA) is 63.3 Å². The minimum absolute atomic E-state index is 0.288. The molecule has 0 heterocycles. The summed E-state index contributed by atoms with van der Waals surface area (Å²) in [6, 6.07) is 12.2. The Labute approximate surface area is 120 Å². The van der Waals surface area contributed by atoms with Crippen molar-refractivity contribution in [1.82, 2.24) is 0 Å². The molecule has 0 spiro atoms. The van der Waals surface area contributed by atoms with Gasteiger partial charge in [-0.2, -0.15) is 0 Å². The third-order valence-corrected chi connectivity index (χ3v) is 3.95. The normalized spacial score (nSPS) is 10.4. The number of carboxylic acids is 1. The van der Waals surface area contributed by atoms with Gasteiger partial charge in [0.2, 0.25) is 0 Å². The molecular formula is C14H12ClNO2S. The van der Waals surface area contributed by atoms with Crippen LogP contribution in [-0.2, 0) is 5.75 Å². The molecule has 2 aromatic rings. The van der Waals surface area contributed by atoms with Crippen LogP contribution in [0.3, 0.4) is 0 Å². The maximum atomic E-state index is 10.7. The first-order valence-electron chi connectivity index (χ1n) is 5.56. The van der Waals surface area contributed by atoms with Crippen molar-refractivity contribution in [3.63, 3.8) is 0 Å². The predicted molar refractivity (Wildman–Crippen MR) is 78.8 cm³/mol. The molecule has 0 aromatic heterocycles. The van der Waals surface area contributed by atoms with Gasteiger partial charge in [-0.1, -0.05) is 23.7 Å². The average molecular weight is 294 g/mol. The van der Waals surface area contributed by atoms with Crippen molar-refractivity contribution in [2.45, 2.75) is 10.6 Å². The minimum atomic E-state index is -0.918. The number of aromatic carboxylic acids is 1. The fourth-order valence-corrected chi connectivity index (χ4v) is 2.73. The van der Waals surface area contributed by atoms with Gasteiger partial charge in [-0.05, 0) is 35.9 Å². The Morgan fingerprint density at radius 1 is 1.21 bits per heavy atom. The summed E-state index contributed by atoms with van der Waals surface area (Å²) in [6.07, 6.45) is 0. The van der Waals surface area contributed by atoms with Crippen molar-refractivity contribution in [1.29, 1.82) is 0 Å². The molecule has 0 atom stereocenters. The highest BCUT2D eigenvalue weighted by molar-refractivity contribution is 7.98. The zero-order valence-corrected chi connectivity index (χ0v) is 11.5. The number of rotatable bonds is 4. The smallest absolute Gasteiger partial charge is 0.335 e. The summed E-state index contributed by atoms with van der Waals surface area (Å²) in [7, 11) is 0. The molecule has 3 N–H and O–H groups in total. The van der Waals surface area contributed by atoms with Gasteiger partial charge in [-0.25, -0.2) is 4.79 Å². The van der Waals surface area contributed by atoms with Crippen molar-refractivity contribution in [2.24, 2.45) is 0 Å². The highest BCUT2D eigenvalue weighted by atomic mass is 35.5. The Kier molecular flexibility index (Phi) is 4.35. The van der Waals surface area contributed by atoms with Crippen LogP contribution in [0.15, 0.2) is 47.4 Å². The summed E-state index contributed by atoms with van der Waals surface area (Å²) in [5.74, 6) is -0.206. The van der Waals surface area contributed by atoms with Crippen molar-refractivity contribution < 1.29 is 9.90 Å². The fraction of sp³-hybridized carbons (Fsp3) is 0.0714. The fourth-order valence-electron chi connectivity index (χ4n) is 1.54. The molecule has 5 heteroatoms. The number of nitrogens with two attached hydrogens (primary N) is 1. The van der Waals surface area contributed by atoms with E-state index >= 15 is 0 Å². The van der Waals surface area contributed by atoms with Gasteiger partial charge >= 0.3 is 5.97 Å². The van der Waals surface area contributed by atoms with Gasteiger partial charge in [0.15, 0.2) is 0 Å². The van der Waals surface area contributed by atoms with E-state index in [9.17, 15) is 4.79 Å². The maximum Gasteiger partial charge on any atom is 0.335 e. The Morgan fingerprint density at radius 2 is 1.89 bits per heavy atom. The number of carboxylic acid groups (broad SMARTS) is 1. The number of anilines is 1. The zero-order chi connectivity index (χ0) is 13.8. The molecule has 0 saturated carbocycles. The van der Waals surface area contributed by atoms with E-state index in [1.165, 1.54) is 0 Å². The van der Waals surface area contributed by atoms with E-state index in [1.54, 1.807) is 48.2 Å². The van der Waals surface area contributed by atoms with Crippen LogP contribution < -0.4 is 5.73 Å². The van der Waals surface area contributed by atoms with Crippen molar-refractivity contribution >= 4 is 35.0 Å². The van der Waals surface area contributed by atoms with Gasteiger partial charge in [0, 0.05) is 21.4 Å². The van der Waals surface area contributed by atoms with Crippen LogP contribution in [0.1, 0.15) is 15.9 Å². The van der Waals surface area contributed by atoms with Crippen LogP contribution in [0, 0.1) is 0 Å². The first kappa shape index (κ1) is 13.8. The van der Waals surface area contributed by atoms with Crippen LogP contribution >= 0.6 is 23.4 Å². The number of hydrogen-bond donors (Lipinski definition) is 2. The number of thioether (sulfide) groups is 1. The number of benzene rings is 2. The number of nitrogen functional groups attached to an aromatic ring is 1. The molecule has 3 nitrogen and oxygen atoms in total. The lowest BCUT2D eigenvalue weighted by molar-refractivity contribution is 0.0697. The van der Waals surface area contributed by atoms with E-state index in [4.69, 9.17) is 22.4 Å². The first-order chi connectivity index (χ1) is 9.06. The molecule has 0 aliphatic rings. The Balaban J connectivity index is 2.06. The third kappa shape index (κ3) is 3.66. The second-order valence-corrected chi connectivity index (χ2v) is 5.43. The molecule has 0 aliphatic carbocycles. The minimum Gasteiger partial charge on any atom is -0.478 e. The molecule has 0 bridgehead atoms. The van der Waals surface area contributed by atoms with Crippen LogP contribution in [-0.4, -0.2) is 11.1 Å². The molecule has 0 saturated heterocycles. The Bertz CT molecular complexity index is 599. The zero-order valence-electron chi connectivity index (χ0n) is 9.97. The summed E-state index contributed by atoms with van der Waals surface area (Å²) >= 11 is 7.49. The lowest BCUT2D eigenvalue weighted by Crippen LogP contribution is -1.95. The summed E-state index contributed by atoms with van der Waals surface area (Å²) in [5, 5.41) is 9.46. The average Bonchev–Trinajstić information content (AvgIpc) is 2.40. The molecule has 0 fully saturated rings. The third-order valence-electron chi connectivity index (χ3n) is 2.57. The largest absolute Gasteiger partial charge is 0.478 e. The second-order valence-electron chi connectivity index (χ2n) is 3.97. The standard InChI is InChI=1S/C14H12ClNO2S/c15-11-5-6-12(16)13(7-11)19-8-9-1-3-10(4-2-9)14(17)18/h1-7H,8,16H2,(H,17,18). The summed E-state index contributed by atoms with van der Waals surface area (Å²) in [4.78, 5) is 11.7. The van der Waals surface area contributed by atoms with Gasteiger partial charge in [0.1, 0.15) is 0 Å². The number of carbonyl (C=O) groups is 1. The molecule has 2 rings (SSSR count). The molecule has 0 aliphatic heterocycles. The number of hydrogen-bond acceptors (Lipinski definition) is 3. The Morgan fingerprint density at radius 3 is 2.53 bits per heavy atom. The Hall–Kier alpha value is -1.65. The summed E-state index contributed by atoms with van der Waals surface area (Å²) in [5.41, 5.74) is 7.88. The summed E-state index contributed by atoms with van der Waals surface area (Å²) < 4.78 is 0. The molecule has 2 aromatic carbocycles. The van der Waals surface area contributed by atoms with E-state index in [-0.39, 0.29) is 5.56 Å². The van der Waals surface area contributed by atoms with Gasteiger partial charge in [-0.3, -0.25) is 0 Å². The molecule has 0 amide bonds. The van der Waals surface area contributed by atoms with Crippen LogP contribution in [0.25, 0.3) is 0 Å². The number of halogens is 1. The highest BCUT2D eigenvalue weighted by Crippen LogP contribution is 2.30. The monoisotopic (exact) mass is 293 g/mol. The van der Waals surface area contributed by atoms with E-state index in [0.717, 1.165) is 10.5 Å². The SMILES string of the molecule is Nc1ccc(Cl)cc1SCc1ccc(C(=O)O)cc1. The van der Waals surface area contributed by atoms with Crippen LogP contribution in [0.5, 0.6) is 0 Å². The first-order valence-corrected chi connectivity index (χ1v) is 6.92. The van der Waals surface area contributed by atoms with Gasteiger partial charge < -0.3 is 10.8 Å². The molecular weight excluding hydrogens is 282 g/mol.